The van der Waals surface area contributed by atoms with E-state index in [9.17, 15) is 14.4 Å². The molecule has 0 radical (unpaired) electrons. The number of imidazole rings is 1. The molecule has 1 aliphatic heterocycles. The lowest BCUT2D eigenvalue weighted by molar-refractivity contribution is 0.0681. The average Bonchev–Trinajstić information content (AvgIpc) is 3.09. The van der Waals surface area contributed by atoms with E-state index < -0.39 is 0 Å². The summed E-state index contributed by atoms with van der Waals surface area (Å²) in [5.74, 6) is -0.0753. The Morgan fingerprint density at radius 3 is 2.67 bits per heavy atom. The standard InChI is InChI=1S/C22H25N5O3/c1-15-19(27-11-4-3-7-18(27)24-15)20(28)23-14-16-8-12-26(13-9-16)22(30)17-6-5-10-25(2)21(17)29/h3-7,10-11,16H,8-9,12-14H2,1-2H3,(H,23,28). The summed E-state index contributed by atoms with van der Waals surface area (Å²) in [7, 11) is 1.64. The van der Waals surface area contributed by atoms with Gasteiger partial charge in [-0.15, -0.1) is 0 Å². The molecule has 3 aromatic heterocycles. The topological polar surface area (TPSA) is 88.7 Å². The molecule has 156 valence electrons. The number of hydrogen-bond donors (Lipinski definition) is 1. The van der Waals surface area contributed by atoms with Gasteiger partial charge in [0.2, 0.25) is 0 Å². The van der Waals surface area contributed by atoms with Gasteiger partial charge in [0.25, 0.3) is 17.4 Å². The van der Waals surface area contributed by atoms with Crippen molar-refractivity contribution in [3.63, 3.8) is 0 Å². The molecule has 0 aliphatic carbocycles. The van der Waals surface area contributed by atoms with E-state index >= 15 is 0 Å². The predicted molar refractivity (Wildman–Crippen MR) is 113 cm³/mol. The van der Waals surface area contributed by atoms with Crippen molar-refractivity contribution in [3.8, 4) is 0 Å². The van der Waals surface area contributed by atoms with E-state index in [4.69, 9.17) is 0 Å². The van der Waals surface area contributed by atoms with Gasteiger partial charge in [-0.05, 0) is 49.9 Å². The highest BCUT2D eigenvalue weighted by atomic mass is 16.2. The molecule has 8 nitrogen and oxygen atoms in total. The minimum Gasteiger partial charge on any atom is -0.350 e. The number of aryl methyl sites for hydroxylation is 2. The molecule has 3 aromatic rings. The SMILES string of the molecule is Cc1nc2ccccn2c1C(=O)NCC1CCN(C(=O)c2cccn(C)c2=O)CC1. The molecule has 1 N–H and O–H groups in total. The van der Waals surface area contributed by atoms with Crippen LogP contribution in [0, 0.1) is 12.8 Å². The largest absolute Gasteiger partial charge is 0.350 e. The molecule has 1 fully saturated rings. The number of nitrogens with zero attached hydrogens (tertiary/aromatic N) is 4. The number of fused-ring (bicyclic) bond motifs is 1. The molecule has 0 bridgehead atoms. The van der Waals surface area contributed by atoms with E-state index in [1.54, 1.807) is 34.7 Å². The molecule has 1 aliphatic rings. The molecule has 0 atom stereocenters. The van der Waals surface area contributed by atoms with Crippen LogP contribution in [0.2, 0.25) is 0 Å². The second-order valence-electron chi connectivity index (χ2n) is 7.76. The molecule has 0 unspecified atom stereocenters. The van der Waals surface area contributed by atoms with Crippen LogP contribution in [0.3, 0.4) is 0 Å². The number of carbonyl (C=O) groups is 2. The fraction of sp³-hybridized carbons (Fsp3) is 0.364. The van der Waals surface area contributed by atoms with Crippen molar-refractivity contribution < 1.29 is 9.59 Å². The molecule has 4 rings (SSSR count). The molecule has 4 heterocycles. The summed E-state index contributed by atoms with van der Waals surface area (Å²) in [6.07, 6.45) is 5.04. The lowest BCUT2D eigenvalue weighted by Gasteiger charge is -2.32. The zero-order chi connectivity index (χ0) is 21.3. The Labute approximate surface area is 174 Å². The van der Waals surface area contributed by atoms with Crippen LogP contribution in [0.4, 0.5) is 0 Å². The van der Waals surface area contributed by atoms with E-state index in [1.807, 2.05) is 31.3 Å². The number of aromatic nitrogens is 3. The Morgan fingerprint density at radius 2 is 1.90 bits per heavy atom. The van der Waals surface area contributed by atoms with Crippen molar-refractivity contribution in [1.29, 1.82) is 0 Å². The lowest BCUT2D eigenvalue weighted by atomic mass is 9.96. The third-order valence-electron chi connectivity index (χ3n) is 5.73. The van der Waals surface area contributed by atoms with Crippen molar-refractivity contribution in [2.45, 2.75) is 19.8 Å². The van der Waals surface area contributed by atoms with Crippen LogP contribution < -0.4 is 10.9 Å². The van der Waals surface area contributed by atoms with E-state index in [-0.39, 0.29) is 28.9 Å². The number of amides is 2. The number of hydrogen-bond acceptors (Lipinski definition) is 4. The first-order valence-corrected chi connectivity index (χ1v) is 10.1. The number of pyridine rings is 2. The van der Waals surface area contributed by atoms with Gasteiger partial charge in [0.05, 0.1) is 5.69 Å². The van der Waals surface area contributed by atoms with Gasteiger partial charge >= 0.3 is 0 Å². The Bertz CT molecular complexity index is 1160. The first kappa shape index (κ1) is 19.9. The number of carbonyl (C=O) groups excluding carboxylic acids is 2. The second-order valence-corrected chi connectivity index (χ2v) is 7.76. The summed E-state index contributed by atoms with van der Waals surface area (Å²) in [6, 6.07) is 8.92. The van der Waals surface area contributed by atoms with Crippen LogP contribution in [0.5, 0.6) is 0 Å². The molecule has 8 heteroatoms. The predicted octanol–water partition coefficient (Wildman–Crippen LogP) is 1.62. The van der Waals surface area contributed by atoms with E-state index in [0.29, 0.717) is 31.0 Å². The number of nitrogens with one attached hydrogen (secondary N) is 1. The highest BCUT2D eigenvalue weighted by Crippen LogP contribution is 2.18. The van der Waals surface area contributed by atoms with Gasteiger partial charge in [0.15, 0.2) is 0 Å². The van der Waals surface area contributed by atoms with Crippen molar-refractivity contribution in [2.24, 2.45) is 13.0 Å². The maximum absolute atomic E-state index is 12.7. The Balaban J connectivity index is 1.34. The molecule has 1 saturated heterocycles. The summed E-state index contributed by atoms with van der Waals surface area (Å²) in [4.78, 5) is 43.8. The molecule has 0 saturated carbocycles. The third kappa shape index (κ3) is 3.72. The maximum Gasteiger partial charge on any atom is 0.270 e. The molecular formula is C22H25N5O3. The Morgan fingerprint density at radius 1 is 1.13 bits per heavy atom. The zero-order valence-corrected chi connectivity index (χ0v) is 17.2. The minimum atomic E-state index is -0.278. The summed E-state index contributed by atoms with van der Waals surface area (Å²) in [5, 5.41) is 3.02. The van der Waals surface area contributed by atoms with Crippen LogP contribution in [-0.4, -0.2) is 50.3 Å². The van der Waals surface area contributed by atoms with Crippen LogP contribution in [0.25, 0.3) is 5.65 Å². The Hall–Kier alpha value is -3.42. The van der Waals surface area contributed by atoms with Crippen LogP contribution in [0.15, 0.2) is 47.5 Å². The van der Waals surface area contributed by atoms with Gasteiger partial charge in [-0.3, -0.25) is 18.8 Å². The summed E-state index contributed by atoms with van der Waals surface area (Å²) in [6.45, 7) is 3.53. The molecule has 30 heavy (non-hydrogen) atoms. The fourth-order valence-corrected chi connectivity index (χ4v) is 3.98. The second kappa shape index (κ2) is 8.14. The van der Waals surface area contributed by atoms with Crippen LogP contribution >= 0.6 is 0 Å². The fourth-order valence-electron chi connectivity index (χ4n) is 3.98. The molecule has 0 spiro atoms. The highest BCUT2D eigenvalue weighted by Gasteiger charge is 2.26. The third-order valence-corrected chi connectivity index (χ3v) is 5.73. The maximum atomic E-state index is 12.7. The summed E-state index contributed by atoms with van der Waals surface area (Å²) < 4.78 is 3.21. The van der Waals surface area contributed by atoms with Gasteiger partial charge in [0, 0.05) is 39.1 Å². The summed E-state index contributed by atoms with van der Waals surface area (Å²) in [5.41, 5.74) is 1.93. The van der Waals surface area contributed by atoms with E-state index in [2.05, 4.69) is 10.3 Å². The normalized spacial score (nSPS) is 14.8. The Kier molecular flexibility index (Phi) is 5.39. The number of piperidine rings is 1. The van der Waals surface area contributed by atoms with Gasteiger partial charge < -0.3 is 14.8 Å². The first-order valence-electron chi connectivity index (χ1n) is 10.1. The minimum absolute atomic E-state index is 0.141. The van der Waals surface area contributed by atoms with Gasteiger partial charge in [-0.2, -0.15) is 0 Å². The summed E-state index contributed by atoms with van der Waals surface area (Å²) >= 11 is 0. The van der Waals surface area contributed by atoms with Gasteiger partial charge in [0.1, 0.15) is 16.9 Å². The molecule has 0 aromatic carbocycles. The smallest absolute Gasteiger partial charge is 0.270 e. The van der Waals surface area contributed by atoms with Crippen LogP contribution in [-0.2, 0) is 7.05 Å². The van der Waals surface area contributed by atoms with Gasteiger partial charge in [-0.1, -0.05) is 6.07 Å². The van der Waals surface area contributed by atoms with Crippen molar-refractivity contribution in [3.05, 3.63) is 70.0 Å². The quantitative estimate of drug-likeness (QED) is 0.712. The molecule has 2 amide bonds. The van der Waals surface area contributed by atoms with Gasteiger partial charge in [-0.25, -0.2) is 4.98 Å². The number of likely N-dealkylation sites (tertiary alicyclic amines) is 1. The van der Waals surface area contributed by atoms with E-state index in [0.717, 1.165) is 18.5 Å². The average molecular weight is 407 g/mol. The van der Waals surface area contributed by atoms with Crippen LogP contribution in [0.1, 0.15) is 39.4 Å². The van der Waals surface area contributed by atoms with Crippen molar-refractivity contribution in [1.82, 2.24) is 24.2 Å². The highest BCUT2D eigenvalue weighted by molar-refractivity contribution is 5.95. The number of rotatable bonds is 4. The van der Waals surface area contributed by atoms with E-state index in [1.165, 1.54) is 4.57 Å². The van der Waals surface area contributed by atoms with Crippen molar-refractivity contribution in [2.75, 3.05) is 19.6 Å². The zero-order valence-electron chi connectivity index (χ0n) is 17.2. The molecular weight excluding hydrogens is 382 g/mol. The first-order chi connectivity index (χ1) is 14.5. The lowest BCUT2D eigenvalue weighted by Crippen LogP contribution is -2.43. The monoisotopic (exact) mass is 407 g/mol. The van der Waals surface area contributed by atoms with Crippen molar-refractivity contribution >= 4 is 17.5 Å².